The first-order chi connectivity index (χ1) is 11.6. The van der Waals surface area contributed by atoms with E-state index in [0.717, 1.165) is 49.5 Å². The number of piperazine rings is 1. The van der Waals surface area contributed by atoms with Crippen LogP contribution in [0, 0.1) is 0 Å². The lowest BCUT2D eigenvalue weighted by atomic mass is 10.2. The lowest BCUT2D eigenvalue weighted by molar-refractivity contribution is -1.02. The molecule has 0 unspecified atom stereocenters. The minimum absolute atomic E-state index is 0.0158. The van der Waals surface area contributed by atoms with Crippen molar-refractivity contribution in [1.82, 2.24) is 0 Å². The summed E-state index contributed by atoms with van der Waals surface area (Å²) >= 11 is 3.41. The molecule has 5 nitrogen and oxygen atoms in total. The maximum atomic E-state index is 12.5. The Hall–Kier alpha value is -0.950. The van der Waals surface area contributed by atoms with Crippen LogP contribution < -0.4 is 15.1 Å². The maximum Gasteiger partial charge on any atom is 0.282 e. The van der Waals surface area contributed by atoms with E-state index >= 15 is 0 Å². The van der Waals surface area contributed by atoms with E-state index in [0.29, 0.717) is 6.10 Å². The Labute approximate surface area is 152 Å². The number of anilines is 1. The summed E-state index contributed by atoms with van der Waals surface area (Å²) in [5, 5.41) is 3.03. The number of rotatable bonds is 5. The smallest absolute Gasteiger partial charge is 0.282 e. The van der Waals surface area contributed by atoms with E-state index in [1.807, 2.05) is 31.2 Å². The number of nitrogens with one attached hydrogen (secondary N) is 3. The van der Waals surface area contributed by atoms with Crippen molar-refractivity contribution in [3.63, 3.8) is 0 Å². The maximum absolute atomic E-state index is 12.5. The first kappa shape index (κ1) is 17.9. The van der Waals surface area contributed by atoms with Crippen molar-refractivity contribution in [2.45, 2.75) is 31.9 Å². The summed E-state index contributed by atoms with van der Waals surface area (Å²) in [6.45, 7) is 8.47. The van der Waals surface area contributed by atoms with E-state index in [1.54, 1.807) is 4.90 Å². The van der Waals surface area contributed by atoms with Crippen LogP contribution in [0.15, 0.2) is 28.7 Å². The second kappa shape index (κ2) is 8.43. The van der Waals surface area contributed by atoms with Crippen molar-refractivity contribution in [3.05, 3.63) is 28.7 Å². The fourth-order valence-electron chi connectivity index (χ4n) is 3.66. The molecule has 24 heavy (non-hydrogen) atoms. The zero-order valence-corrected chi connectivity index (χ0v) is 15.9. The fourth-order valence-corrected chi connectivity index (χ4v) is 3.92. The summed E-state index contributed by atoms with van der Waals surface area (Å²) in [4.78, 5) is 15.5. The highest BCUT2D eigenvalue weighted by atomic mass is 79.9. The zero-order chi connectivity index (χ0) is 16.9. The lowest BCUT2D eigenvalue weighted by Crippen LogP contribution is -3.30. The van der Waals surface area contributed by atoms with Gasteiger partial charge in [-0.25, -0.2) is 0 Å². The van der Waals surface area contributed by atoms with Gasteiger partial charge in [-0.15, -0.1) is 0 Å². The number of benzene rings is 1. The molecule has 2 saturated heterocycles. The van der Waals surface area contributed by atoms with Gasteiger partial charge in [0, 0.05) is 16.8 Å². The van der Waals surface area contributed by atoms with Crippen molar-refractivity contribution in [2.75, 3.05) is 44.6 Å². The number of carbonyl (C=O) groups is 1. The molecular weight excluding hydrogens is 370 g/mol. The van der Waals surface area contributed by atoms with Crippen LogP contribution in [0.1, 0.15) is 19.8 Å². The van der Waals surface area contributed by atoms with Crippen molar-refractivity contribution < 1.29 is 19.3 Å². The summed E-state index contributed by atoms with van der Waals surface area (Å²) in [5.41, 5.74) is 0.858. The minimum Gasteiger partial charge on any atom is -0.372 e. The van der Waals surface area contributed by atoms with E-state index < -0.39 is 0 Å². The second-order valence-electron chi connectivity index (χ2n) is 6.97. The number of quaternary nitrogens is 2. The summed E-state index contributed by atoms with van der Waals surface area (Å²) in [7, 11) is 0. The Bertz CT molecular complexity index is 538. The Balaban J connectivity index is 1.44. The van der Waals surface area contributed by atoms with E-state index in [-0.39, 0.29) is 11.9 Å². The molecule has 0 saturated carbocycles. The van der Waals surface area contributed by atoms with E-state index in [1.165, 1.54) is 17.7 Å². The molecular formula is C18H28BrN3O2+2. The fraction of sp³-hybridized carbons (Fsp3) is 0.611. The predicted molar refractivity (Wildman–Crippen MR) is 97.5 cm³/mol. The van der Waals surface area contributed by atoms with Gasteiger partial charge in [0.15, 0.2) is 6.04 Å². The van der Waals surface area contributed by atoms with Crippen LogP contribution in [0.4, 0.5) is 5.69 Å². The first-order valence-electron chi connectivity index (χ1n) is 8.98. The molecule has 2 atom stereocenters. The van der Waals surface area contributed by atoms with Crippen LogP contribution in [0.2, 0.25) is 0 Å². The second-order valence-corrected chi connectivity index (χ2v) is 7.88. The molecule has 0 aromatic heterocycles. The van der Waals surface area contributed by atoms with Gasteiger partial charge in [-0.3, -0.25) is 4.79 Å². The van der Waals surface area contributed by atoms with Gasteiger partial charge in [-0.05, 0) is 44.0 Å². The molecule has 2 aliphatic rings. The first-order valence-corrected chi connectivity index (χ1v) is 9.77. The van der Waals surface area contributed by atoms with Gasteiger partial charge >= 0.3 is 0 Å². The molecule has 1 amide bonds. The SMILES string of the molecule is C[C@H](C(=O)Nc1ccc(Br)cc1)[NH+]1CC[NH+](C[C@@H]2CCCO2)CC1. The van der Waals surface area contributed by atoms with E-state index in [4.69, 9.17) is 4.74 Å². The highest BCUT2D eigenvalue weighted by molar-refractivity contribution is 9.10. The largest absolute Gasteiger partial charge is 0.372 e. The summed E-state index contributed by atoms with van der Waals surface area (Å²) < 4.78 is 6.77. The molecule has 132 valence electrons. The lowest BCUT2D eigenvalue weighted by Gasteiger charge is -2.33. The molecule has 3 rings (SSSR count). The van der Waals surface area contributed by atoms with Crippen molar-refractivity contribution in [1.29, 1.82) is 0 Å². The molecule has 1 aromatic rings. The van der Waals surface area contributed by atoms with Crippen LogP contribution >= 0.6 is 15.9 Å². The molecule has 0 radical (unpaired) electrons. The number of carbonyl (C=O) groups excluding carboxylic acids is 1. The third-order valence-corrected chi connectivity index (χ3v) is 5.79. The number of halogens is 1. The van der Waals surface area contributed by atoms with Gasteiger partial charge in [0.25, 0.3) is 5.91 Å². The monoisotopic (exact) mass is 397 g/mol. The van der Waals surface area contributed by atoms with Crippen molar-refractivity contribution >= 4 is 27.5 Å². The van der Waals surface area contributed by atoms with E-state index in [2.05, 4.69) is 21.2 Å². The molecule has 2 aliphatic heterocycles. The third kappa shape index (κ3) is 4.79. The van der Waals surface area contributed by atoms with Crippen LogP contribution in [-0.2, 0) is 9.53 Å². The van der Waals surface area contributed by atoms with Crippen LogP contribution in [0.25, 0.3) is 0 Å². The number of hydrogen-bond donors (Lipinski definition) is 3. The number of hydrogen-bond acceptors (Lipinski definition) is 2. The third-order valence-electron chi connectivity index (χ3n) is 5.26. The summed E-state index contributed by atoms with van der Waals surface area (Å²) in [5.74, 6) is 0.106. The molecule has 2 heterocycles. The molecule has 0 spiro atoms. The van der Waals surface area contributed by atoms with Gasteiger partial charge in [-0.2, -0.15) is 0 Å². The average Bonchev–Trinajstić information content (AvgIpc) is 3.10. The Morgan fingerprint density at radius 3 is 2.62 bits per heavy atom. The van der Waals surface area contributed by atoms with Gasteiger partial charge in [0.05, 0.1) is 0 Å². The molecule has 3 N–H and O–H groups in total. The van der Waals surface area contributed by atoms with Gasteiger partial charge in [-0.1, -0.05) is 15.9 Å². The molecule has 0 bridgehead atoms. The Morgan fingerprint density at radius 1 is 1.29 bits per heavy atom. The standard InChI is InChI=1S/C18H26BrN3O2/c1-14(18(23)20-16-6-4-15(19)5-7-16)22-10-8-21(9-11-22)13-17-3-2-12-24-17/h4-7,14,17H,2-3,8-13H2,1H3,(H,20,23)/p+2/t14-,17+/m1/s1. The average molecular weight is 398 g/mol. The highest BCUT2D eigenvalue weighted by Gasteiger charge is 2.32. The number of ether oxygens (including phenoxy) is 1. The van der Waals surface area contributed by atoms with Crippen molar-refractivity contribution in [3.8, 4) is 0 Å². The Kier molecular flexibility index (Phi) is 6.27. The summed E-state index contributed by atoms with van der Waals surface area (Å²) in [6, 6.07) is 7.72. The van der Waals surface area contributed by atoms with Gasteiger partial charge in [0.2, 0.25) is 0 Å². The van der Waals surface area contributed by atoms with Crippen LogP contribution in [0.3, 0.4) is 0 Å². The van der Waals surface area contributed by atoms with Crippen LogP contribution in [0.5, 0.6) is 0 Å². The van der Waals surface area contributed by atoms with Gasteiger partial charge in [0.1, 0.15) is 38.8 Å². The minimum atomic E-state index is -0.0158. The molecule has 1 aromatic carbocycles. The number of amides is 1. The summed E-state index contributed by atoms with van der Waals surface area (Å²) in [6.07, 6.45) is 2.88. The quantitative estimate of drug-likeness (QED) is 0.640. The molecule has 6 heteroatoms. The zero-order valence-electron chi connectivity index (χ0n) is 14.3. The predicted octanol–water partition coefficient (Wildman–Crippen LogP) is -0.261. The topological polar surface area (TPSA) is 47.2 Å². The van der Waals surface area contributed by atoms with Crippen LogP contribution in [-0.4, -0.2) is 57.4 Å². The van der Waals surface area contributed by atoms with Crippen molar-refractivity contribution in [2.24, 2.45) is 0 Å². The normalized spacial score (nSPS) is 28.5. The highest BCUT2D eigenvalue weighted by Crippen LogP contribution is 2.14. The molecule has 2 fully saturated rings. The van der Waals surface area contributed by atoms with Gasteiger partial charge < -0.3 is 19.9 Å². The van der Waals surface area contributed by atoms with E-state index in [9.17, 15) is 4.79 Å². The Morgan fingerprint density at radius 2 is 2.00 bits per heavy atom. The molecule has 0 aliphatic carbocycles.